The van der Waals surface area contributed by atoms with Crippen molar-refractivity contribution in [1.82, 2.24) is 9.80 Å². The molecular weight excluding hydrogens is 381 g/mol. The number of hydrogen-bond donors (Lipinski definition) is 1. The summed E-state index contributed by atoms with van der Waals surface area (Å²) in [5, 5.41) is 0. The fourth-order valence-corrected chi connectivity index (χ4v) is 2.43. The zero-order valence-electron chi connectivity index (χ0n) is 12.2. The fourth-order valence-electron chi connectivity index (χ4n) is 2.43. The van der Waals surface area contributed by atoms with Crippen molar-refractivity contribution in [3.8, 4) is 0 Å². The molecule has 0 aliphatic carbocycles. The molecule has 0 aromatic heterocycles. The van der Waals surface area contributed by atoms with Crippen LogP contribution in [0.1, 0.15) is 12.5 Å². The van der Waals surface area contributed by atoms with Gasteiger partial charge in [-0.3, -0.25) is 9.59 Å². The second-order valence-corrected chi connectivity index (χ2v) is 5.13. The Kier molecular flexibility index (Phi) is 7.10. The molecule has 1 fully saturated rings. The van der Waals surface area contributed by atoms with Crippen molar-refractivity contribution in [1.29, 1.82) is 0 Å². The van der Waals surface area contributed by atoms with Crippen LogP contribution in [0.15, 0.2) is 30.3 Å². The van der Waals surface area contributed by atoms with Gasteiger partial charge in [-0.2, -0.15) is 0 Å². The maximum absolute atomic E-state index is 12.3. The first-order valence-corrected chi connectivity index (χ1v) is 6.91. The molecule has 1 saturated heterocycles. The van der Waals surface area contributed by atoms with Gasteiger partial charge >= 0.3 is 0 Å². The molecule has 1 heterocycles. The monoisotopic (exact) mass is 403 g/mol. The van der Waals surface area contributed by atoms with Gasteiger partial charge in [-0.1, -0.05) is 30.3 Å². The summed E-state index contributed by atoms with van der Waals surface area (Å²) in [7, 11) is 0. The fraction of sp³-hybridized carbons (Fsp3) is 0.467. The maximum Gasteiger partial charge on any atom is 0.239 e. The Morgan fingerprint density at radius 3 is 2.14 bits per heavy atom. The van der Waals surface area contributed by atoms with Crippen molar-refractivity contribution >= 4 is 35.8 Å². The Balaban J connectivity index is 0.00000220. The number of piperazine rings is 1. The van der Waals surface area contributed by atoms with Gasteiger partial charge in [0, 0.05) is 33.1 Å². The average molecular weight is 403 g/mol. The largest absolute Gasteiger partial charge is 0.339 e. The molecule has 2 N–H and O–H groups in total. The van der Waals surface area contributed by atoms with Crippen LogP contribution in [-0.4, -0.2) is 53.8 Å². The minimum atomic E-state index is -0.513. The summed E-state index contributed by atoms with van der Waals surface area (Å²) in [5.74, 6) is 0.0303. The Bertz CT molecular complexity index is 473. The molecule has 1 atom stereocenters. The van der Waals surface area contributed by atoms with E-state index >= 15 is 0 Å². The lowest BCUT2D eigenvalue weighted by molar-refractivity contribution is -0.139. The molecule has 0 radical (unpaired) electrons. The van der Waals surface area contributed by atoms with E-state index in [2.05, 4.69) is 0 Å². The van der Waals surface area contributed by atoms with E-state index in [4.69, 9.17) is 5.73 Å². The van der Waals surface area contributed by atoms with Gasteiger partial charge in [-0.25, -0.2) is 0 Å². The Labute approximate surface area is 142 Å². The van der Waals surface area contributed by atoms with Crippen molar-refractivity contribution in [2.24, 2.45) is 5.73 Å². The highest BCUT2D eigenvalue weighted by atomic mass is 127. The first-order chi connectivity index (χ1) is 9.58. The SMILES string of the molecule is CC(=O)N1CCN(C(=O)[C@@H](N)Cc2ccccc2)CC1.I. The van der Waals surface area contributed by atoms with E-state index in [1.165, 1.54) is 0 Å². The van der Waals surface area contributed by atoms with Crippen molar-refractivity contribution in [2.75, 3.05) is 26.2 Å². The average Bonchev–Trinajstić information content (AvgIpc) is 2.47. The summed E-state index contributed by atoms with van der Waals surface area (Å²) in [6.45, 7) is 3.89. The minimum absolute atomic E-state index is 0. The van der Waals surface area contributed by atoms with E-state index in [-0.39, 0.29) is 35.8 Å². The zero-order valence-corrected chi connectivity index (χ0v) is 14.5. The smallest absolute Gasteiger partial charge is 0.239 e. The number of rotatable bonds is 3. The summed E-state index contributed by atoms with van der Waals surface area (Å²) >= 11 is 0. The molecular formula is C15H22IN3O2. The third kappa shape index (κ3) is 4.96. The predicted octanol–water partition coefficient (Wildman–Crippen LogP) is 0.865. The molecule has 21 heavy (non-hydrogen) atoms. The third-order valence-corrected chi connectivity index (χ3v) is 3.65. The van der Waals surface area contributed by atoms with Crippen molar-refractivity contribution in [2.45, 2.75) is 19.4 Å². The molecule has 0 bridgehead atoms. The topological polar surface area (TPSA) is 66.6 Å². The van der Waals surface area contributed by atoms with Crippen LogP contribution in [0.25, 0.3) is 0 Å². The Hall–Kier alpha value is -1.15. The summed E-state index contributed by atoms with van der Waals surface area (Å²) in [6, 6.07) is 9.26. The second-order valence-electron chi connectivity index (χ2n) is 5.13. The van der Waals surface area contributed by atoms with Crippen LogP contribution < -0.4 is 5.73 Å². The van der Waals surface area contributed by atoms with Gasteiger partial charge in [0.1, 0.15) is 0 Å². The molecule has 0 unspecified atom stereocenters. The van der Waals surface area contributed by atoms with E-state index in [1.54, 1.807) is 16.7 Å². The number of nitrogens with two attached hydrogens (primary N) is 1. The number of amides is 2. The predicted molar refractivity (Wildman–Crippen MR) is 92.4 cm³/mol. The van der Waals surface area contributed by atoms with Gasteiger partial charge in [-0.15, -0.1) is 24.0 Å². The van der Waals surface area contributed by atoms with Crippen molar-refractivity contribution < 1.29 is 9.59 Å². The lowest BCUT2D eigenvalue weighted by Crippen LogP contribution is -2.54. The molecule has 0 saturated carbocycles. The first-order valence-electron chi connectivity index (χ1n) is 6.91. The quantitative estimate of drug-likeness (QED) is 0.762. The van der Waals surface area contributed by atoms with E-state index in [0.717, 1.165) is 5.56 Å². The summed E-state index contributed by atoms with van der Waals surface area (Å²) in [6.07, 6.45) is 0.548. The lowest BCUT2D eigenvalue weighted by atomic mass is 10.1. The molecule has 1 aliphatic rings. The van der Waals surface area contributed by atoms with Crippen molar-refractivity contribution in [3.05, 3.63) is 35.9 Å². The van der Waals surface area contributed by atoms with Crippen LogP contribution >= 0.6 is 24.0 Å². The summed E-state index contributed by atoms with van der Waals surface area (Å²) < 4.78 is 0. The second kappa shape index (κ2) is 8.33. The number of nitrogens with zero attached hydrogens (tertiary/aromatic N) is 2. The Morgan fingerprint density at radius 2 is 1.62 bits per heavy atom. The van der Waals surface area contributed by atoms with Crippen LogP contribution in [-0.2, 0) is 16.0 Å². The van der Waals surface area contributed by atoms with Crippen LogP contribution in [0.3, 0.4) is 0 Å². The first kappa shape index (κ1) is 17.9. The Morgan fingerprint density at radius 1 is 1.10 bits per heavy atom. The molecule has 1 aromatic carbocycles. The van der Waals surface area contributed by atoms with Crippen LogP contribution in [0.2, 0.25) is 0 Å². The normalized spacial score (nSPS) is 16.1. The highest BCUT2D eigenvalue weighted by Crippen LogP contribution is 2.07. The standard InChI is InChI=1S/C15H21N3O2.HI/c1-12(19)17-7-9-18(10-8-17)15(20)14(16)11-13-5-3-2-4-6-13;/h2-6,14H,7-11,16H2,1H3;1H/t14-;/m0./s1. The van der Waals surface area contributed by atoms with Crippen LogP contribution in [0.4, 0.5) is 0 Å². The molecule has 0 spiro atoms. The molecule has 5 nitrogen and oxygen atoms in total. The number of hydrogen-bond acceptors (Lipinski definition) is 3. The highest BCUT2D eigenvalue weighted by molar-refractivity contribution is 14.0. The molecule has 116 valence electrons. The zero-order chi connectivity index (χ0) is 14.5. The van der Waals surface area contributed by atoms with E-state index in [9.17, 15) is 9.59 Å². The third-order valence-electron chi connectivity index (χ3n) is 3.65. The van der Waals surface area contributed by atoms with Gasteiger partial charge in [0.2, 0.25) is 11.8 Å². The number of benzene rings is 1. The summed E-state index contributed by atoms with van der Waals surface area (Å²) in [4.78, 5) is 27.0. The molecule has 2 rings (SSSR count). The van der Waals surface area contributed by atoms with Gasteiger partial charge in [-0.05, 0) is 12.0 Å². The van der Waals surface area contributed by atoms with Crippen LogP contribution in [0, 0.1) is 0 Å². The minimum Gasteiger partial charge on any atom is -0.339 e. The number of halogens is 1. The lowest BCUT2D eigenvalue weighted by Gasteiger charge is -2.35. The maximum atomic E-state index is 12.3. The summed E-state index contributed by atoms with van der Waals surface area (Å²) in [5.41, 5.74) is 7.07. The van der Waals surface area contributed by atoms with E-state index in [1.807, 2.05) is 30.3 Å². The van der Waals surface area contributed by atoms with Gasteiger partial charge < -0.3 is 15.5 Å². The van der Waals surface area contributed by atoms with Gasteiger partial charge in [0.25, 0.3) is 0 Å². The van der Waals surface area contributed by atoms with E-state index in [0.29, 0.717) is 32.6 Å². The molecule has 1 aromatic rings. The van der Waals surface area contributed by atoms with Crippen molar-refractivity contribution in [3.63, 3.8) is 0 Å². The molecule has 6 heteroatoms. The highest BCUT2D eigenvalue weighted by Gasteiger charge is 2.25. The molecule has 1 aliphatic heterocycles. The van der Waals surface area contributed by atoms with Crippen LogP contribution in [0.5, 0.6) is 0 Å². The van der Waals surface area contributed by atoms with E-state index < -0.39 is 6.04 Å². The number of carbonyl (C=O) groups excluding carboxylic acids is 2. The number of carbonyl (C=O) groups is 2. The van der Waals surface area contributed by atoms with Gasteiger partial charge in [0.15, 0.2) is 0 Å². The van der Waals surface area contributed by atoms with Gasteiger partial charge in [0.05, 0.1) is 6.04 Å². The molecule has 2 amide bonds.